The Kier molecular flexibility index (Phi) is 4.04. The second kappa shape index (κ2) is 6.11. The molecule has 0 saturated heterocycles. The number of anilines is 1. The standard InChI is InChI=1S/C19H22N2O3S/c1-25(22,23)24-7-6-12-8-13-10-14(9-12)18-17(11-13)21-16-5-3-2-4-15(16)19(18)20/h2-5,8,13-14H,6-7,9-11H2,1H3,(H2,20,21). The van der Waals surface area contributed by atoms with Gasteiger partial charge in [0.15, 0.2) is 0 Å². The monoisotopic (exact) mass is 358 g/mol. The number of pyridine rings is 1. The van der Waals surface area contributed by atoms with E-state index in [1.54, 1.807) is 0 Å². The lowest BCUT2D eigenvalue weighted by atomic mass is 9.70. The molecule has 0 saturated carbocycles. The van der Waals surface area contributed by atoms with Gasteiger partial charge < -0.3 is 5.73 Å². The van der Waals surface area contributed by atoms with Crippen LogP contribution in [0.3, 0.4) is 0 Å². The minimum absolute atomic E-state index is 0.211. The van der Waals surface area contributed by atoms with Crippen LogP contribution in [0.2, 0.25) is 0 Å². The van der Waals surface area contributed by atoms with Crippen LogP contribution >= 0.6 is 0 Å². The predicted octanol–water partition coefficient (Wildman–Crippen LogP) is 3.16. The summed E-state index contributed by atoms with van der Waals surface area (Å²) in [6, 6.07) is 8.03. The van der Waals surface area contributed by atoms with Gasteiger partial charge in [-0.05, 0) is 43.6 Å². The van der Waals surface area contributed by atoms with Crippen LogP contribution in [0, 0.1) is 5.92 Å². The molecule has 1 aromatic heterocycles. The fraction of sp³-hybridized carbons (Fsp3) is 0.421. The van der Waals surface area contributed by atoms with Crippen molar-refractivity contribution in [3.8, 4) is 0 Å². The molecule has 2 atom stereocenters. The maximum Gasteiger partial charge on any atom is 0.264 e. The topological polar surface area (TPSA) is 82.3 Å². The molecule has 132 valence electrons. The number of rotatable bonds is 4. The summed E-state index contributed by atoms with van der Waals surface area (Å²) in [5, 5.41) is 1.02. The Hall–Kier alpha value is -1.92. The average molecular weight is 358 g/mol. The second-order valence-electron chi connectivity index (χ2n) is 7.10. The molecule has 2 aliphatic rings. The van der Waals surface area contributed by atoms with Gasteiger partial charge in [0.2, 0.25) is 0 Å². The number of nitrogens with two attached hydrogens (primary N) is 1. The van der Waals surface area contributed by atoms with Crippen LogP contribution in [0.25, 0.3) is 10.9 Å². The van der Waals surface area contributed by atoms with E-state index in [0.717, 1.165) is 47.8 Å². The first-order valence-corrected chi connectivity index (χ1v) is 10.4. The van der Waals surface area contributed by atoms with Gasteiger partial charge in [-0.2, -0.15) is 8.42 Å². The molecule has 5 nitrogen and oxygen atoms in total. The third-order valence-electron chi connectivity index (χ3n) is 5.20. The van der Waals surface area contributed by atoms with Crippen molar-refractivity contribution in [2.45, 2.75) is 31.6 Å². The molecule has 2 aromatic rings. The van der Waals surface area contributed by atoms with Crippen molar-refractivity contribution in [2.24, 2.45) is 5.92 Å². The predicted molar refractivity (Wildman–Crippen MR) is 98.8 cm³/mol. The largest absolute Gasteiger partial charge is 0.398 e. The summed E-state index contributed by atoms with van der Waals surface area (Å²) in [5.74, 6) is 0.816. The van der Waals surface area contributed by atoms with Crippen LogP contribution in [0.1, 0.15) is 36.4 Å². The lowest BCUT2D eigenvalue weighted by Gasteiger charge is -2.36. The van der Waals surface area contributed by atoms with Crippen LogP contribution in [0.5, 0.6) is 0 Å². The number of nitrogens with zero attached hydrogens (tertiary/aromatic N) is 1. The van der Waals surface area contributed by atoms with Gasteiger partial charge in [-0.1, -0.05) is 29.8 Å². The lowest BCUT2D eigenvalue weighted by molar-refractivity contribution is 0.318. The highest BCUT2D eigenvalue weighted by Crippen LogP contribution is 2.47. The summed E-state index contributed by atoms with van der Waals surface area (Å²) in [6.07, 6.45) is 6.92. The first-order valence-electron chi connectivity index (χ1n) is 8.61. The molecule has 25 heavy (non-hydrogen) atoms. The van der Waals surface area contributed by atoms with Crippen LogP contribution in [0.15, 0.2) is 35.9 Å². The normalized spacial score (nSPS) is 22.5. The Labute approximate surface area is 148 Å². The van der Waals surface area contributed by atoms with Crippen molar-refractivity contribution in [3.63, 3.8) is 0 Å². The van der Waals surface area contributed by atoms with Gasteiger partial charge in [-0.3, -0.25) is 9.17 Å². The highest BCUT2D eigenvalue weighted by atomic mass is 32.2. The molecular weight excluding hydrogens is 336 g/mol. The Bertz CT molecular complexity index is 966. The van der Waals surface area contributed by atoms with E-state index in [4.69, 9.17) is 14.9 Å². The van der Waals surface area contributed by atoms with Crippen LogP contribution < -0.4 is 5.73 Å². The molecule has 0 radical (unpaired) electrons. The van der Waals surface area contributed by atoms with Crippen LogP contribution in [-0.2, 0) is 20.7 Å². The van der Waals surface area contributed by atoms with Crippen molar-refractivity contribution < 1.29 is 12.6 Å². The van der Waals surface area contributed by atoms with Gasteiger partial charge in [0.25, 0.3) is 10.1 Å². The minimum Gasteiger partial charge on any atom is -0.398 e. The fourth-order valence-electron chi connectivity index (χ4n) is 4.27. The van der Waals surface area contributed by atoms with E-state index in [2.05, 4.69) is 6.08 Å². The zero-order chi connectivity index (χ0) is 17.6. The van der Waals surface area contributed by atoms with E-state index in [1.807, 2.05) is 24.3 Å². The zero-order valence-corrected chi connectivity index (χ0v) is 15.1. The number of hydrogen-bond donors (Lipinski definition) is 1. The molecule has 6 heteroatoms. The molecule has 1 heterocycles. The van der Waals surface area contributed by atoms with Crippen molar-refractivity contribution in [3.05, 3.63) is 47.2 Å². The van der Waals surface area contributed by atoms with E-state index < -0.39 is 10.1 Å². The summed E-state index contributed by atoms with van der Waals surface area (Å²) in [5.41, 5.74) is 11.9. The third-order valence-corrected chi connectivity index (χ3v) is 5.80. The molecule has 0 aliphatic heterocycles. The number of allylic oxidation sites excluding steroid dienone is 1. The summed E-state index contributed by atoms with van der Waals surface area (Å²) < 4.78 is 27.2. The van der Waals surface area contributed by atoms with Crippen molar-refractivity contribution in [1.82, 2.24) is 4.98 Å². The van der Waals surface area contributed by atoms with E-state index in [9.17, 15) is 8.42 Å². The Balaban J connectivity index is 1.62. The summed E-state index contributed by atoms with van der Waals surface area (Å²) in [4.78, 5) is 4.87. The van der Waals surface area contributed by atoms with E-state index in [-0.39, 0.29) is 6.61 Å². The Morgan fingerprint density at radius 3 is 2.88 bits per heavy atom. The first-order chi connectivity index (χ1) is 11.9. The van der Waals surface area contributed by atoms with Gasteiger partial charge >= 0.3 is 0 Å². The summed E-state index contributed by atoms with van der Waals surface area (Å²) >= 11 is 0. The second-order valence-corrected chi connectivity index (χ2v) is 8.75. The number of para-hydroxylation sites is 1. The smallest absolute Gasteiger partial charge is 0.264 e. The maximum absolute atomic E-state index is 11.1. The van der Waals surface area contributed by atoms with Gasteiger partial charge in [0, 0.05) is 22.3 Å². The molecule has 1 aromatic carbocycles. The highest BCUT2D eigenvalue weighted by Gasteiger charge is 2.33. The molecule has 4 rings (SSSR count). The number of fused-ring (bicyclic) bond motifs is 5. The first kappa shape index (κ1) is 16.5. The van der Waals surface area contributed by atoms with Gasteiger partial charge in [0.05, 0.1) is 18.4 Å². The van der Waals surface area contributed by atoms with E-state index in [0.29, 0.717) is 18.3 Å². The van der Waals surface area contributed by atoms with Crippen molar-refractivity contribution in [1.29, 1.82) is 0 Å². The number of benzene rings is 1. The van der Waals surface area contributed by atoms with E-state index >= 15 is 0 Å². The molecule has 2 unspecified atom stereocenters. The average Bonchev–Trinajstić information content (AvgIpc) is 2.53. The van der Waals surface area contributed by atoms with E-state index in [1.165, 1.54) is 11.1 Å². The number of hydrogen-bond acceptors (Lipinski definition) is 5. The summed E-state index contributed by atoms with van der Waals surface area (Å²) in [6.45, 7) is 0.211. The molecule has 2 N–H and O–H groups in total. The Morgan fingerprint density at radius 1 is 1.28 bits per heavy atom. The van der Waals surface area contributed by atoms with Crippen molar-refractivity contribution >= 4 is 26.7 Å². The van der Waals surface area contributed by atoms with Gasteiger partial charge in [0.1, 0.15) is 0 Å². The summed E-state index contributed by atoms with van der Waals surface area (Å²) in [7, 11) is -3.38. The number of aromatic nitrogens is 1. The molecular formula is C19H22N2O3S. The molecule has 0 amide bonds. The fourth-order valence-corrected chi connectivity index (χ4v) is 4.66. The zero-order valence-electron chi connectivity index (χ0n) is 14.2. The minimum atomic E-state index is -3.38. The SMILES string of the molecule is CS(=O)(=O)OCCC1=CC2Cc3nc4ccccc4c(N)c3C(C1)C2. The maximum atomic E-state index is 11.1. The Morgan fingerprint density at radius 2 is 2.08 bits per heavy atom. The molecule has 2 aliphatic carbocycles. The van der Waals surface area contributed by atoms with Gasteiger partial charge in [-0.15, -0.1) is 0 Å². The highest BCUT2D eigenvalue weighted by molar-refractivity contribution is 7.85. The van der Waals surface area contributed by atoms with Crippen LogP contribution in [0.4, 0.5) is 5.69 Å². The molecule has 2 bridgehead atoms. The van der Waals surface area contributed by atoms with Crippen LogP contribution in [-0.4, -0.2) is 26.3 Å². The third kappa shape index (κ3) is 3.28. The van der Waals surface area contributed by atoms with Gasteiger partial charge in [-0.25, -0.2) is 0 Å². The van der Waals surface area contributed by atoms with Crippen molar-refractivity contribution in [2.75, 3.05) is 18.6 Å². The number of nitrogen functional groups attached to an aromatic ring is 1. The molecule has 0 fully saturated rings. The lowest BCUT2D eigenvalue weighted by Crippen LogP contribution is -2.25. The quantitative estimate of drug-likeness (QED) is 0.670. The molecule has 0 spiro atoms.